The third-order valence-electron chi connectivity index (χ3n) is 5.44. The van der Waals surface area contributed by atoms with E-state index in [4.69, 9.17) is 17.0 Å². The monoisotopic (exact) mass is 443 g/mol. The number of amides is 1. The van der Waals surface area contributed by atoms with Gasteiger partial charge in [0.2, 0.25) is 5.91 Å². The molecule has 1 N–H and O–H groups in total. The second-order valence-corrected chi connectivity index (χ2v) is 8.57. The highest BCUT2D eigenvalue weighted by Gasteiger charge is 2.27. The topological polar surface area (TPSA) is 66.4 Å². The number of aromatic nitrogens is 3. The third-order valence-corrected chi connectivity index (χ3v) is 6.59. The highest BCUT2D eigenvalue weighted by Crippen LogP contribution is 2.27. The van der Waals surface area contributed by atoms with Crippen LogP contribution in [0.5, 0.6) is 5.75 Å². The summed E-state index contributed by atoms with van der Waals surface area (Å²) < 4.78 is 7.54. The fraction of sp³-hybridized carbons (Fsp3) is 0.381. The molecule has 30 heavy (non-hydrogen) atoms. The predicted molar refractivity (Wildman–Crippen MR) is 122 cm³/mol. The Labute approximate surface area is 184 Å². The zero-order valence-corrected chi connectivity index (χ0v) is 18.7. The van der Waals surface area contributed by atoms with Crippen LogP contribution in [0, 0.1) is 4.77 Å². The van der Waals surface area contributed by atoms with Crippen LogP contribution < -0.4 is 9.64 Å². The largest absolute Gasteiger partial charge is 0.497 e. The SMILES string of the molecule is COc1ccc(N2CCCN(C(=O)C(C)n3c(-c4cccs4)n[nH]c3=S)CC2)cc1. The minimum atomic E-state index is -0.416. The van der Waals surface area contributed by atoms with E-state index in [1.54, 1.807) is 18.4 Å². The molecule has 1 unspecified atom stereocenters. The van der Waals surface area contributed by atoms with Crippen LogP contribution in [-0.4, -0.2) is 58.9 Å². The number of hydrogen-bond donors (Lipinski definition) is 1. The highest BCUT2D eigenvalue weighted by atomic mass is 32.1. The fourth-order valence-electron chi connectivity index (χ4n) is 3.81. The molecule has 0 bridgehead atoms. The lowest BCUT2D eigenvalue weighted by atomic mass is 10.2. The van der Waals surface area contributed by atoms with Crippen molar-refractivity contribution in [3.63, 3.8) is 0 Å². The van der Waals surface area contributed by atoms with E-state index in [1.807, 2.05) is 46.0 Å². The molecule has 1 atom stereocenters. The summed E-state index contributed by atoms with van der Waals surface area (Å²) >= 11 is 7.02. The Morgan fingerprint density at radius 2 is 2.00 bits per heavy atom. The first-order chi connectivity index (χ1) is 14.6. The molecule has 0 spiro atoms. The Morgan fingerprint density at radius 3 is 2.70 bits per heavy atom. The molecule has 0 aliphatic carbocycles. The normalized spacial score (nSPS) is 15.7. The maximum absolute atomic E-state index is 13.3. The summed E-state index contributed by atoms with van der Waals surface area (Å²) in [4.78, 5) is 18.6. The van der Waals surface area contributed by atoms with Gasteiger partial charge in [-0.05, 0) is 61.3 Å². The van der Waals surface area contributed by atoms with Crippen LogP contribution in [0.3, 0.4) is 0 Å². The lowest BCUT2D eigenvalue weighted by molar-refractivity contribution is -0.134. The van der Waals surface area contributed by atoms with Gasteiger partial charge in [0.15, 0.2) is 10.6 Å². The van der Waals surface area contributed by atoms with E-state index in [9.17, 15) is 4.79 Å². The van der Waals surface area contributed by atoms with Crippen LogP contribution in [-0.2, 0) is 4.79 Å². The molecule has 4 rings (SSSR count). The number of ether oxygens (including phenoxy) is 1. The van der Waals surface area contributed by atoms with E-state index < -0.39 is 6.04 Å². The first-order valence-corrected chi connectivity index (χ1v) is 11.3. The van der Waals surface area contributed by atoms with Gasteiger partial charge >= 0.3 is 0 Å². The number of benzene rings is 1. The van der Waals surface area contributed by atoms with Crippen molar-refractivity contribution in [1.29, 1.82) is 0 Å². The number of nitrogens with one attached hydrogen (secondary N) is 1. The van der Waals surface area contributed by atoms with Crippen LogP contribution >= 0.6 is 23.6 Å². The lowest BCUT2D eigenvalue weighted by Crippen LogP contribution is -2.39. The van der Waals surface area contributed by atoms with Gasteiger partial charge in [0, 0.05) is 31.9 Å². The van der Waals surface area contributed by atoms with Gasteiger partial charge in [0.25, 0.3) is 0 Å². The van der Waals surface area contributed by atoms with Gasteiger partial charge in [-0.2, -0.15) is 5.10 Å². The average Bonchev–Trinajstić information content (AvgIpc) is 3.36. The summed E-state index contributed by atoms with van der Waals surface area (Å²) in [5.41, 5.74) is 1.15. The van der Waals surface area contributed by atoms with E-state index in [1.165, 1.54) is 0 Å². The number of nitrogens with zero attached hydrogens (tertiary/aromatic N) is 4. The molecule has 0 saturated carbocycles. The first kappa shape index (κ1) is 20.6. The molecule has 1 aromatic carbocycles. The van der Waals surface area contributed by atoms with Crippen LogP contribution in [0.25, 0.3) is 10.7 Å². The van der Waals surface area contributed by atoms with Crippen LogP contribution in [0.1, 0.15) is 19.4 Å². The summed E-state index contributed by atoms with van der Waals surface area (Å²) in [6, 6.07) is 11.6. The predicted octanol–water partition coefficient (Wildman–Crippen LogP) is 3.98. The van der Waals surface area contributed by atoms with Gasteiger partial charge in [-0.1, -0.05) is 6.07 Å². The molecule has 2 aromatic heterocycles. The average molecular weight is 444 g/mol. The number of carbonyl (C=O) groups excluding carboxylic acids is 1. The molecule has 1 aliphatic rings. The van der Waals surface area contributed by atoms with Gasteiger partial charge in [-0.25, -0.2) is 0 Å². The Hall–Kier alpha value is -2.65. The molecular formula is C21H25N5O2S2. The minimum absolute atomic E-state index is 0.0712. The second-order valence-electron chi connectivity index (χ2n) is 7.24. The van der Waals surface area contributed by atoms with Crippen molar-refractivity contribution in [3.8, 4) is 16.5 Å². The number of aromatic amines is 1. The van der Waals surface area contributed by atoms with Gasteiger partial charge in [0.1, 0.15) is 11.8 Å². The molecule has 9 heteroatoms. The van der Waals surface area contributed by atoms with E-state index in [2.05, 4.69) is 27.2 Å². The summed E-state index contributed by atoms with van der Waals surface area (Å²) in [5.74, 6) is 1.63. The molecule has 1 aliphatic heterocycles. The van der Waals surface area contributed by atoms with Crippen molar-refractivity contribution in [2.24, 2.45) is 0 Å². The maximum Gasteiger partial charge on any atom is 0.245 e. The van der Waals surface area contributed by atoms with Gasteiger partial charge in [-0.3, -0.25) is 14.5 Å². The van der Waals surface area contributed by atoms with Crippen molar-refractivity contribution in [2.45, 2.75) is 19.4 Å². The summed E-state index contributed by atoms with van der Waals surface area (Å²) in [7, 11) is 1.67. The van der Waals surface area contributed by atoms with E-state index in [0.29, 0.717) is 17.1 Å². The van der Waals surface area contributed by atoms with Crippen LogP contribution in [0.15, 0.2) is 41.8 Å². The zero-order chi connectivity index (χ0) is 21.1. The summed E-state index contributed by atoms with van der Waals surface area (Å²) in [6.45, 7) is 5.01. The summed E-state index contributed by atoms with van der Waals surface area (Å²) in [5, 5.41) is 9.20. The Morgan fingerprint density at radius 1 is 1.20 bits per heavy atom. The van der Waals surface area contributed by atoms with Crippen molar-refractivity contribution in [1.82, 2.24) is 19.7 Å². The van der Waals surface area contributed by atoms with Crippen LogP contribution in [0.4, 0.5) is 5.69 Å². The molecule has 0 radical (unpaired) electrons. The van der Waals surface area contributed by atoms with Crippen molar-refractivity contribution in [3.05, 3.63) is 46.5 Å². The highest BCUT2D eigenvalue weighted by molar-refractivity contribution is 7.71. The molecule has 7 nitrogen and oxygen atoms in total. The van der Waals surface area contributed by atoms with E-state index in [-0.39, 0.29) is 5.91 Å². The molecule has 1 fully saturated rings. The minimum Gasteiger partial charge on any atom is -0.497 e. The number of hydrogen-bond acceptors (Lipinski definition) is 6. The fourth-order valence-corrected chi connectivity index (χ4v) is 4.81. The second kappa shape index (κ2) is 9.01. The number of anilines is 1. The van der Waals surface area contributed by atoms with E-state index in [0.717, 1.165) is 42.4 Å². The Balaban J connectivity index is 1.48. The molecule has 158 valence electrons. The van der Waals surface area contributed by atoms with Gasteiger partial charge < -0.3 is 14.5 Å². The lowest BCUT2D eigenvalue weighted by Gasteiger charge is -2.26. The van der Waals surface area contributed by atoms with Gasteiger partial charge in [-0.15, -0.1) is 11.3 Å². The van der Waals surface area contributed by atoms with Crippen molar-refractivity contribution in [2.75, 3.05) is 38.2 Å². The molecule has 1 amide bonds. The zero-order valence-electron chi connectivity index (χ0n) is 17.1. The number of rotatable bonds is 5. The number of carbonyl (C=O) groups is 1. The van der Waals surface area contributed by atoms with Gasteiger partial charge in [0.05, 0.1) is 12.0 Å². The Kier molecular flexibility index (Phi) is 6.19. The van der Waals surface area contributed by atoms with Crippen LogP contribution in [0.2, 0.25) is 0 Å². The maximum atomic E-state index is 13.3. The number of H-pyrrole nitrogens is 1. The van der Waals surface area contributed by atoms with Crippen molar-refractivity contribution < 1.29 is 9.53 Å². The summed E-state index contributed by atoms with van der Waals surface area (Å²) in [6.07, 6.45) is 0.916. The molecular weight excluding hydrogens is 418 g/mol. The number of thiophene rings is 1. The Bertz CT molecular complexity index is 1040. The smallest absolute Gasteiger partial charge is 0.245 e. The molecule has 3 aromatic rings. The van der Waals surface area contributed by atoms with Crippen molar-refractivity contribution >= 4 is 35.1 Å². The number of methoxy groups -OCH3 is 1. The third kappa shape index (κ3) is 4.13. The quantitative estimate of drug-likeness (QED) is 0.604. The van der Waals surface area contributed by atoms with E-state index >= 15 is 0 Å². The standard InChI is InChI=1S/C21H25N5O2S2/c1-15(26-19(22-23-21(26)29)18-5-3-14-30-18)20(27)25-11-4-10-24(12-13-25)16-6-8-17(28-2)9-7-16/h3,5-9,14-15H,4,10-13H2,1-2H3,(H,23,29). The molecule has 1 saturated heterocycles. The molecule has 3 heterocycles. The first-order valence-electron chi connectivity index (χ1n) is 9.97.